The second kappa shape index (κ2) is 3.66. The third-order valence-corrected chi connectivity index (χ3v) is 2.51. The molecular formula is C12H12O2. The molecule has 2 rings (SSSR count). The van der Waals surface area contributed by atoms with Gasteiger partial charge in [-0.25, -0.2) is 0 Å². The summed E-state index contributed by atoms with van der Waals surface area (Å²) in [4.78, 5) is 11.5. The van der Waals surface area contributed by atoms with Crippen molar-refractivity contribution in [2.75, 3.05) is 7.11 Å². The van der Waals surface area contributed by atoms with Crippen LogP contribution in [-0.2, 0) is 4.79 Å². The fraction of sp³-hybridized carbons (Fsp3) is 0.250. The van der Waals surface area contributed by atoms with Gasteiger partial charge in [0.2, 0.25) is 0 Å². The Kier molecular flexibility index (Phi) is 2.35. The zero-order valence-corrected chi connectivity index (χ0v) is 8.07. The van der Waals surface area contributed by atoms with Crippen LogP contribution in [0.15, 0.2) is 36.4 Å². The third kappa shape index (κ3) is 1.43. The molecule has 1 aromatic rings. The predicted molar refractivity (Wildman–Crippen MR) is 54.5 cm³/mol. The van der Waals surface area contributed by atoms with E-state index in [1.54, 1.807) is 13.2 Å². The molecule has 0 aliphatic heterocycles. The molecule has 2 nitrogen and oxygen atoms in total. The van der Waals surface area contributed by atoms with Crippen LogP contribution in [0.2, 0.25) is 0 Å². The van der Waals surface area contributed by atoms with Gasteiger partial charge in [0.15, 0.2) is 5.78 Å². The van der Waals surface area contributed by atoms with E-state index in [0.717, 1.165) is 17.7 Å². The Bertz CT molecular complexity index is 380. The Morgan fingerprint density at radius 2 is 2.14 bits per heavy atom. The molecule has 0 amide bonds. The zero-order chi connectivity index (χ0) is 9.97. The van der Waals surface area contributed by atoms with Crippen molar-refractivity contribution in [1.29, 1.82) is 0 Å². The molecule has 72 valence electrons. The Balaban J connectivity index is 2.36. The minimum Gasteiger partial charge on any atom is -0.496 e. The number of allylic oxidation sites excluding steroid dienone is 2. The van der Waals surface area contributed by atoms with E-state index in [4.69, 9.17) is 4.74 Å². The number of methoxy groups -OCH3 is 1. The molecule has 0 radical (unpaired) electrons. The fourth-order valence-electron chi connectivity index (χ4n) is 1.79. The topological polar surface area (TPSA) is 26.3 Å². The van der Waals surface area contributed by atoms with Crippen LogP contribution in [0.1, 0.15) is 17.9 Å². The highest BCUT2D eigenvalue weighted by Gasteiger charge is 2.23. The van der Waals surface area contributed by atoms with Crippen LogP contribution in [0.5, 0.6) is 5.75 Å². The molecule has 0 N–H and O–H groups in total. The molecule has 0 saturated carbocycles. The molecule has 0 bridgehead atoms. The van der Waals surface area contributed by atoms with Gasteiger partial charge >= 0.3 is 0 Å². The first-order valence-electron chi connectivity index (χ1n) is 4.66. The van der Waals surface area contributed by atoms with E-state index in [1.165, 1.54) is 0 Å². The molecule has 14 heavy (non-hydrogen) atoms. The number of carbonyl (C=O) groups excluding carboxylic acids is 1. The van der Waals surface area contributed by atoms with Crippen LogP contribution in [0.4, 0.5) is 0 Å². The number of ketones is 1. The summed E-state index contributed by atoms with van der Waals surface area (Å²) in [6.07, 6.45) is 4.36. The Morgan fingerprint density at radius 1 is 1.36 bits per heavy atom. The van der Waals surface area contributed by atoms with E-state index < -0.39 is 0 Å². The highest BCUT2D eigenvalue weighted by atomic mass is 16.5. The van der Waals surface area contributed by atoms with E-state index in [2.05, 4.69) is 0 Å². The normalized spacial score (nSPS) is 20.1. The van der Waals surface area contributed by atoms with Crippen molar-refractivity contribution in [3.05, 3.63) is 42.0 Å². The first-order chi connectivity index (χ1) is 6.83. The number of para-hydroxylation sites is 1. The summed E-state index contributed by atoms with van der Waals surface area (Å²) >= 11 is 0. The average Bonchev–Trinajstić information content (AvgIpc) is 2.64. The van der Waals surface area contributed by atoms with Gasteiger partial charge in [-0.15, -0.1) is 0 Å². The number of benzene rings is 1. The summed E-state index contributed by atoms with van der Waals surface area (Å²) in [6.45, 7) is 0. The van der Waals surface area contributed by atoms with E-state index in [1.807, 2.05) is 30.3 Å². The van der Waals surface area contributed by atoms with Crippen molar-refractivity contribution in [3.63, 3.8) is 0 Å². The van der Waals surface area contributed by atoms with Crippen molar-refractivity contribution in [1.82, 2.24) is 0 Å². The summed E-state index contributed by atoms with van der Waals surface area (Å²) in [5.41, 5.74) is 0.991. The van der Waals surface area contributed by atoms with Gasteiger partial charge in [0.05, 0.1) is 13.0 Å². The van der Waals surface area contributed by atoms with Crippen molar-refractivity contribution in [2.24, 2.45) is 0 Å². The third-order valence-electron chi connectivity index (χ3n) is 2.51. The Hall–Kier alpha value is -1.57. The van der Waals surface area contributed by atoms with Gasteiger partial charge in [-0.3, -0.25) is 4.79 Å². The molecule has 0 heterocycles. The maximum atomic E-state index is 11.5. The number of carbonyl (C=O) groups is 1. The lowest BCUT2D eigenvalue weighted by atomic mass is 9.95. The van der Waals surface area contributed by atoms with Crippen molar-refractivity contribution in [3.8, 4) is 5.75 Å². The molecule has 1 aromatic carbocycles. The first-order valence-corrected chi connectivity index (χ1v) is 4.66. The molecule has 0 spiro atoms. The van der Waals surface area contributed by atoms with Gasteiger partial charge < -0.3 is 4.74 Å². The van der Waals surface area contributed by atoms with Crippen LogP contribution >= 0.6 is 0 Å². The van der Waals surface area contributed by atoms with Gasteiger partial charge in [-0.05, 0) is 18.6 Å². The van der Waals surface area contributed by atoms with Gasteiger partial charge in [0, 0.05) is 5.56 Å². The monoisotopic (exact) mass is 188 g/mol. The van der Waals surface area contributed by atoms with Gasteiger partial charge in [0.1, 0.15) is 5.75 Å². The van der Waals surface area contributed by atoms with Gasteiger partial charge in [-0.2, -0.15) is 0 Å². The van der Waals surface area contributed by atoms with E-state index in [-0.39, 0.29) is 11.7 Å². The summed E-state index contributed by atoms with van der Waals surface area (Å²) in [5, 5.41) is 0. The van der Waals surface area contributed by atoms with Gasteiger partial charge in [-0.1, -0.05) is 24.3 Å². The first kappa shape index (κ1) is 9.00. The fourth-order valence-corrected chi connectivity index (χ4v) is 1.79. The zero-order valence-electron chi connectivity index (χ0n) is 8.07. The lowest BCUT2D eigenvalue weighted by molar-refractivity contribution is -0.115. The molecule has 1 unspecified atom stereocenters. The second-order valence-corrected chi connectivity index (χ2v) is 3.33. The average molecular weight is 188 g/mol. The van der Waals surface area contributed by atoms with Crippen LogP contribution in [-0.4, -0.2) is 12.9 Å². The second-order valence-electron chi connectivity index (χ2n) is 3.33. The van der Waals surface area contributed by atoms with Crippen molar-refractivity contribution < 1.29 is 9.53 Å². The summed E-state index contributed by atoms with van der Waals surface area (Å²) in [7, 11) is 1.63. The minimum absolute atomic E-state index is 0.0360. The van der Waals surface area contributed by atoms with Gasteiger partial charge in [0.25, 0.3) is 0 Å². The number of ether oxygens (including phenoxy) is 1. The number of hydrogen-bond donors (Lipinski definition) is 0. The van der Waals surface area contributed by atoms with Crippen molar-refractivity contribution >= 4 is 5.78 Å². The highest BCUT2D eigenvalue weighted by Crippen LogP contribution is 2.32. The smallest absolute Gasteiger partial charge is 0.163 e. The van der Waals surface area contributed by atoms with Crippen LogP contribution in [0.25, 0.3) is 0 Å². The lowest BCUT2D eigenvalue weighted by Crippen LogP contribution is -2.06. The molecular weight excluding hydrogens is 176 g/mol. The molecule has 1 aliphatic carbocycles. The lowest BCUT2D eigenvalue weighted by Gasteiger charge is -2.12. The highest BCUT2D eigenvalue weighted by molar-refractivity contribution is 5.98. The summed E-state index contributed by atoms with van der Waals surface area (Å²) < 4.78 is 5.23. The Labute approximate surface area is 83.2 Å². The number of rotatable bonds is 2. The van der Waals surface area contributed by atoms with Crippen LogP contribution in [0.3, 0.4) is 0 Å². The van der Waals surface area contributed by atoms with Crippen molar-refractivity contribution in [2.45, 2.75) is 12.3 Å². The molecule has 0 aromatic heterocycles. The molecule has 0 fully saturated rings. The number of hydrogen-bond acceptors (Lipinski definition) is 2. The summed E-state index contributed by atoms with van der Waals surface area (Å²) in [6, 6.07) is 7.69. The van der Waals surface area contributed by atoms with E-state index >= 15 is 0 Å². The van der Waals surface area contributed by atoms with Crippen LogP contribution in [0, 0.1) is 0 Å². The maximum Gasteiger partial charge on any atom is 0.163 e. The maximum absolute atomic E-state index is 11.5. The molecule has 0 saturated heterocycles. The predicted octanol–water partition coefficient (Wildman–Crippen LogP) is 2.31. The van der Waals surface area contributed by atoms with E-state index in [9.17, 15) is 4.79 Å². The largest absolute Gasteiger partial charge is 0.496 e. The summed E-state index contributed by atoms with van der Waals surface area (Å²) in [5.74, 6) is 0.940. The molecule has 1 atom stereocenters. The van der Waals surface area contributed by atoms with E-state index in [0.29, 0.717) is 0 Å². The molecule has 2 heteroatoms. The Morgan fingerprint density at radius 3 is 2.79 bits per heavy atom. The quantitative estimate of drug-likeness (QED) is 0.711. The minimum atomic E-state index is -0.0360. The van der Waals surface area contributed by atoms with Crippen LogP contribution < -0.4 is 4.74 Å². The SMILES string of the molecule is COc1ccccc1C1CC=CC1=O. The standard InChI is InChI=1S/C12H12O2/c1-14-12-8-3-2-5-10(12)9-6-4-7-11(9)13/h2-5,7-9H,6H2,1H3. The molecule has 1 aliphatic rings.